The fraction of sp³-hybridized carbons (Fsp3) is 0.611. The summed E-state index contributed by atoms with van der Waals surface area (Å²) < 4.78 is 7.31. The zero-order chi connectivity index (χ0) is 17.1. The first kappa shape index (κ1) is 16.6. The monoisotopic (exact) mass is 342 g/mol. The minimum atomic E-state index is 0.213. The van der Waals surface area contributed by atoms with Gasteiger partial charge in [0.05, 0.1) is 24.9 Å². The fourth-order valence-corrected chi connectivity index (χ4v) is 3.88. The summed E-state index contributed by atoms with van der Waals surface area (Å²) in [6.45, 7) is 9.49. The average Bonchev–Trinajstić information content (AvgIpc) is 3.32. The van der Waals surface area contributed by atoms with Gasteiger partial charge in [0.25, 0.3) is 0 Å². The van der Waals surface area contributed by atoms with Crippen molar-refractivity contribution in [3.05, 3.63) is 36.2 Å². The maximum atomic E-state index is 5.45. The Labute approximate surface area is 148 Å². The van der Waals surface area contributed by atoms with Crippen molar-refractivity contribution in [2.45, 2.75) is 19.4 Å². The Morgan fingerprint density at radius 1 is 1.16 bits per heavy atom. The molecule has 0 unspecified atom stereocenters. The van der Waals surface area contributed by atoms with Gasteiger partial charge in [-0.3, -0.25) is 9.80 Å². The summed E-state index contributed by atoms with van der Waals surface area (Å²) in [5.41, 5.74) is 1.01. The molecule has 0 saturated carbocycles. The van der Waals surface area contributed by atoms with Crippen molar-refractivity contribution >= 4 is 0 Å². The molecule has 2 fully saturated rings. The lowest BCUT2D eigenvalue weighted by Crippen LogP contribution is -2.40. The zero-order valence-electron chi connectivity index (χ0n) is 14.8. The van der Waals surface area contributed by atoms with Crippen molar-refractivity contribution in [1.29, 1.82) is 0 Å². The van der Waals surface area contributed by atoms with Gasteiger partial charge in [-0.15, -0.1) is 5.10 Å². The van der Waals surface area contributed by atoms with Crippen LogP contribution in [0.3, 0.4) is 0 Å². The van der Waals surface area contributed by atoms with Crippen LogP contribution in [-0.4, -0.2) is 75.9 Å². The van der Waals surface area contributed by atoms with Crippen LogP contribution >= 0.6 is 0 Å². The quantitative estimate of drug-likeness (QED) is 0.818. The molecule has 1 aromatic carbocycles. The molecule has 0 N–H and O–H groups in total. The van der Waals surface area contributed by atoms with E-state index < -0.39 is 0 Å². The molecule has 0 amide bonds. The first-order valence-corrected chi connectivity index (χ1v) is 9.19. The molecule has 0 radical (unpaired) electrons. The number of para-hydroxylation sites is 1. The Morgan fingerprint density at radius 2 is 1.96 bits per heavy atom. The Morgan fingerprint density at radius 3 is 2.76 bits per heavy atom. The van der Waals surface area contributed by atoms with Crippen LogP contribution in [-0.2, 0) is 4.74 Å². The number of hydrogen-bond donors (Lipinski definition) is 0. The van der Waals surface area contributed by atoms with Gasteiger partial charge in [0.15, 0.2) is 5.82 Å². The van der Waals surface area contributed by atoms with Crippen LogP contribution in [0.25, 0.3) is 5.69 Å². The van der Waals surface area contributed by atoms with E-state index in [1.54, 1.807) is 0 Å². The number of rotatable bonds is 5. The van der Waals surface area contributed by atoms with Gasteiger partial charge in [-0.25, -0.2) is 0 Å². The molecule has 2 saturated heterocycles. The van der Waals surface area contributed by atoms with E-state index in [4.69, 9.17) is 4.74 Å². The summed E-state index contributed by atoms with van der Waals surface area (Å²) in [6.07, 6.45) is 1.24. The molecule has 4 rings (SSSR count). The molecule has 25 heavy (non-hydrogen) atoms. The standard InChI is InChI=1S/C18H26N6O/c1-15(18-19-20-21-24(18)17-5-3-2-4-6-17)23-8-7-16(14-23)13-22-9-11-25-12-10-22/h2-6,15-16H,7-14H2,1H3/t15-,16-/m0/s1. The highest BCUT2D eigenvalue weighted by atomic mass is 16.5. The molecule has 7 nitrogen and oxygen atoms in total. The molecule has 2 aromatic rings. The lowest BCUT2D eigenvalue weighted by Gasteiger charge is -2.29. The first-order valence-electron chi connectivity index (χ1n) is 9.19. The summed E-state index contributed by atoms with van der Waals surface area (Å²) in [5.74, 6) is 1.64. The van der Waals surface area contributed by atoms with Crippen molar-refractivity contribution < 1.29 is 4.74 Å². The molecule has 134 valence electrons. The van der Waals surface area contributed by atoms with Gasteiger partial charge in [0.2, 0.25) is 0 Å². The van der Waals surface area contributed by atoms with Gasteiger partial charge >= 0.3 is 0 Å². The summed E-state index contributed by atoms with van der Waals surface area (Å²) >= 11 is 0. The second-order valence-corrected chi connectivity index (χ2v) is 7.02. The van der Waals surface area contributed by atoms with Gasteiger partial charge < -0.3 is 4.74 Å². The number of aromatic nitrogens is 4. The van der Waals surface area contributed by atoms with Crippen molar-refractivity contribution in [3.8, 4) is 5.69 Å². The van der Waals surface area contributed by atoms with Gasteiger partial charge in [-0.2, -0.15) is 4.68 Å². The third kappa shape index (κ3) is 3.73. The third-order valence-electron chi connectivity index (χ3n) is 5.35. The molecule has 0 spiro atoms. The minimum absolute atomic E-state index is 0.213. The predicted octanol–water partition coefficient (Wildman–Crippen LogP) is 1.38. The van der Waals surface area contributed by atoms with Crippen LogP contribution in [0.15, 0.2) is 30.3 Å². The zero-order valence-corrected chi connectivity index (χ0v) is 14.8. The van der Waals surface area contributed by atoms with E-state index in [-0.39, 0.29) is 6.04 Å². The highest BCUT2D eigenvalue weighted by Gasteiger charge is 2.31. The normalized spacial score (nSPS) is 23.8. The maximum Gasteiger partial charge on any atom is 0.173 e. The Kier molecular flexibility index (Phi) is 5.05. The van der Waals surface area contributed by atoms with Crippen LogP contribution in [0.5, 0.6) is 0 Å². The van der Waals surface area contributed by atoms with Gasteiger partial charge in [0, 0.05) is 26.2 Å². The van der Waals surface area contributed by atoms with Crippen molar-refractivity contribution in [2.75, 3.05) is 45.9 Å². The predicted molar refractivity (Wildman–Crippen MR) is 94.5 cm³/mol. The second kappa shape index (κ2) is 7.59. The molecule has 1 aromatic heterocycles. The topological polar surface area (TPSA) is 59.3 Å². The van der Waals surface area contributed by atoms with Crippen LogP contribution < -0.4 is 0 Å². The number of likely N-dealkylation sites (tertiary alicyclic amines) is 1. The largest absolute Gasteiger partial charge is 0.379 e. The number of tetrazole rings is 1. The van der Waals surface area contributed by atoms with Crippen LogP contribution in [0.1, 0.15) is 25.2 Å². The Bertz CT molecular complexity index is 669. The van der Waals surface area contributed by atoms with Crippen LogP contribution in [0.4, 0.5) is 0 Å². The fourth-order valence-electron chi connectivity index (χ4n) is 3.88. The smallest absolute Gasteiger partial charge is 0.173 e. The number of hydrogen-bond acceptors (Lipinski definition) is 6. The highest BCUT2D eigenvalue weighted by Crippen LogP contribution is 2.27. The third-order valence-corrected chi connectivity index (χ3v) is 5.35. The van der Waals surface area contributed by atoms with Crippen molar-refractivity contribution in [2.24, 2.45) is 5.92 Å². The lowest BCUT2D eigenvalue weighted by molar-refractivity contribution is 0.0309. The highest BCUT2D eigenvalue weighted by molar-refractivity contribution is 5.30. The summed E-state index contributed by atoms with van der Waals surface area (Å²) in [7, 11) is 0. The van der Waals surface area contributed by atoms with Crippen molar-refractivity contribution in [1.82, 2.24) is 30.0 Å². The van der Waals surface area contributed by atoms with Gasteiger partial charge in [-0.1, -0.05) is 18.2 Å². The summed E-state index contributed by atoms with van der Waals surface area (Å²) in [6, 6.07) is 10.3. The lowest BCUT2D eigenvalue weighted by atomic mass is 10.1. The van der Waals surface area contributed by atoms with E-state index in [1.807, 2.05) is 35.0 Å². The summed E-state index contributed by atoms with van der Waals surface area (Å²) in [5, 5.41) is 12.4. The molecular weight excluding hydrogens is 316 g/mol. The first-order chi connectivity index (χ1) is 12.3. The number of ether oxygens (including phenoxy) is 1. The molecule has 2 atom stereocenters. The Balaban J connectivity index is 1.41. The average molecular weight is 342 g/mol. The maximum absolute atomic E-state index is 5.45. The van der Waals surface area contributed by atoms with Gasteiger partial charge in [0.1, 0.15) is 0 Å². The van der Waals surface area contributed by atoms with E-state index in [0.29, 0.717) is 0 Å². The SMILES string of the molecule is C[C@@H](c1nnnn1-c1ccccc1)N1CC[C@@H](CN2CCOCC2)C1. The van der Waals surface area contributed by atoms with Gasteiger partial charge in [-0.05, 0) is 48.4 Å². The molecular formula is C18H26N6O. The summed E-state index contributed by atoms with van der Waals surface area (Å²) in [4.78, 5) is 5.05. The number of benzene rings is 1. The van der Waals surface area contributed by atoms with Crippen LogP contribution in [0.2, 0.25) is 0 Å². The molecule has 2 aliphatic heterocycles. The minimum Gasteiger partial charge on any atom is -0.379 e. The number of nitrogens with zero attached hydrogens (tertiary/aromatic N) is 6. The molecule has 7 heteroatoms. The molecule has 0 aliphatic carbocycles. The van der Waals surface area contributed by atoms with Crippen molar-refractivity contribution in [3.63, 3.8) is 0 Å². The molecule has 2 aliphatic rings. The molecule has 0 bridgehead atoms. The van der Waals surface area contributed by atoms with E-state index >= 15 is 0 Å². The van der Waals surface area contributed by atoms with E-state index in [0.717, 1.165) is 56.8 Å². The second-order valence-electron chi connectivity index (χ2n) is 7.02. The van der Waals surface area contributed by atoms with E-state index in [1.165, 1.54) is 13.0 Å². The Hall–Kier alpha value is -1.83. The number of morpholine rings is 1. The molecule has 3 heterocycles. The van der Waals surface area contributed by atoms with E-state index in [9.17, 15) is 0 Å². The van der Waals surface area contributed by atoms with Crippen LogP contribution in [0, 0.1) is 5.92 Å². The van der Waals surface area contributed by atoms with E-state index in [2.05, 4.69) is 32.2 Å².